The molecule has 174 valence electrons. The standard InChI is InChI=1S/C21H18O12.Na/c22-8-3-1-7(2-4-8)10-5-9(23)13-11(31-10)6-12(14(24)15(13)25)32-21-18(28)16(26)17(27)19(33-21)20(29)30;/h1-6,16-19,21-22,24-28H,(H,29,30);/q;+1/p-1/t16-,17-,18+,19-,21+;/m0./s1. The number of ether oxygens (including phenoxy) is 2. The molecule has 5 atom stereocenters. The molecule has 0 amide bonds. The van der Waals surface area contributed by atoms with E-state index in [1.54, 1.807) is 0 Å². The van der Waals surface area contributed by atoms with Gasteiger partial charge in [-0.1, -0.05) is 0 Å². The van der Waals surface area contributed by atoms with Gasteiger partial charge in [0.2, 0.25) is 12.0 Å². The minimum Gasteiger partial charge on any atom is -0.547 e. The maximum Gasteiger partial charge on any atom is 1.00 e. The summed E-state index contributed by atoms with van der Waals surface area (Å²) in [5, 5.41) is 70.5. The number of benzene rings is 2. The molecule has 1 aromatic heterocycles. The molecule has 0 bridgehead atoms. The predicted molar refractivity (Wildman–Crippen MR) is 105 cm³/mol. The molecule has 4 rings (SSSR count). The molecule has 1 aliphatic heterocycles. The molecule has 0 aliphatic carbocycles. The molecule has 0 radical (unpaired) electrons. The zero-order chi connectivity index (χ0) is 24.0. The van der Waals surface area contributed by atoms with Gasteiger partial charge in [-0.15, -0.1) is 0 Å². The minimum absolute atomic E-state index is 0. The Morgan fingerprint density at radius 2 is 1.59 bits per heavy atom. The number of carbonyl (C=O) groups excluding carboxylic acids is 1. The molecule has 0 unspecified atom stereocenters. The van der Waals surface area contributed by atoms with Crippen LogP contribution in [-0.4, -0.2) is 67.3 Å². The summed E-state index contributed by atoms with van der Waals surface area (Å²) in [6.45, 7) is 0. The second kappa shape index (κ2) is 9.80. The van der Waals surface area contributed by atoms with E-state index in [2.05, 4.69) is 0 Å². The van der Waals surface area contributed by atoms with Crippen LogP contribution in [0.15, 0.2) is 45.6 Å². The second-order valence-corrected chi connectivity index (χ2v) is 7.30. The normalized spacial score (nSPS) is 24.4. The van der Waals surface area contributed by atoms with Gasteiger partial charge < -0.3 is 54.4 Å². The molecule has 2 heterocycles. The van der Waals surface area contributed by atoms with Crippen LogP contribution in [-0.2, 0) is 9.53 Å². The first-order valence-electron chi connectivity index (χ1n) is 9.48. The monoisotopic (exact) mass is 484 g/mol. The van der Waals surface area contributed by atoms with Crippen LogP contribution in [0.3, 0.4) is 0 Å². The molecule has 34 heavy (non-hydrogen) atoms. The summed E-state index contributed by atoms with van der Waals surface area (Å²) in [7, 11) is 0. The predicted octanol–water partition coefficient (Wildman–Crippen LogP) is -4.48. The summed E-state index contributed by atoms with van der Waals surface area (Å²) >= 11 is 0. The van der Waals surface area contributed by atoms with Crippen LogP contribution in [0.25, 0.3) is 22.3 Å². The van der Waals surface area contributed by atoms with Crippen LogP contribution in [0.1, 0.15) is 0 Å². The summed E-state index contributed by atoms with van der Waals surface area (Å²) in [5.74, 6) is -4.32. The number of phenolic OH excluding ortho intramolecular Hbond substituents is 3. The van der Waals surface area contributed by atoms with Gasteiger partial charge in [0.25, 0.3) is 0 Å². The zero-order valence-electron chi connectivity index (χ0n) is 17.5. The van der Waals surface area contributed by atoms with Crippen molar-refractivity contribution in [1.82, 2.24) is 0 Å². The number of aliphatic carboxylic acids is 1. The number of fused-ring (bicyclic) bond motifs is 1. The summed E-state index contributed by atoms with van der Waals surface area (Å²) in [5.41, 5.74) is -0.567. The van der Waals surface area contributed by atoms with Gasteiger partial charge in [-0.2, -0.15) is 0 Å². The molecule has 1 aliphatic rings. The van der Waals surface area contributed by atoms with Crippen molar-refractivity contribution in [1.29, 1.82) is 0 Å². The fourth-order valence-electron chi connectivity index (χ4n) is 3.39. The fraction of sp³-hybridized carbons (Fsp3) is 0.238. The number of aromatic hydroxyl groups is 3. The number of aliphatic hydroxyl groups is 3. The number of carboxylic acids is 1. The van der Waals surface area contributed by atoms with Gasteiger partial charge in [0.05, 0.1) is 5.97 Å². The summed E-state index contributed by atoms with van der Waals surface area (Å²) in [4.78, 5) is 23.7. The number of hydrogen-bond donors (Lipinski definition) is 6. The topological polar surface area (TPSA) is 210 Å². The molecule has 12 nitrogen and oxygen atoms in total. The summed E-state index contributed by atoms with van der Waals surface area (Å²) in [6, 6.07) is 7.70. The van der Waals surface area contributed by atoms with E-state index in [0.29, 0.717) is 5.56 Å². The van der Waals surface area contributed by atoms with E-state index >= 15 is 0 Å². The van der Waals surface area contributed by atoms with Gasteiger partial charge in [-0.25, -0.2) is 0 Å². The van der Waals surface area contributed by atoms with Crippen molar-refractivity contribution in [3.8, 4) is 34.3 Å². The first kappa shape index (κ1) is 25.8. The first-order valence-corrected chi connectivity index (χ1v) is 9.48. The van der Waals surface area contributed by atoms with Crippen molar-refractivity contribution in [3.63, 3.8) is 0 Å². The Hall–Kier alpha value is -2.84. The quantitative estimate of drug-likeness (QED) is 0.153. The van der Waals surface area contributed by atoms with Crippen molar-refractivity contribution >= 4 is 16.9 Å². The van der Waals surface area contributed by atoms with Crippen LogP contribution in [0.4, 0.5) is 0 Å². The van der Waals surface area contributed by atoms with E-state index in [0.717, 1.165) is 12.1 Å². The van der Waals surface area contributed by atoms with E-state index in [1.807, 2.05) is 0 Å². The van der Waals surface area contributed by atoms with Gasteiger partial charge >= 0.3 is 29.6 Å². The molecule has 6 N–H and O–H groups in total. The second-order valence-electron chi connectivity index (χ2n) is 7.30. The Labute approximate surface area is 212 Å². The van der Waals surface area contributed by atoms with Crippen molar-refractivity contribution < 1.29 is 84.0 Å². The Morgan fingerprint density at radius 1 is 0.941 bits per heavy atom. The third-order valence-corrected chi connectivity index (χ3v) is 5.13. The maximum atomic E-state index is 12.5. The first-order chi connectivity index (χ1) is 15.6. The number of aliphatic hydroxyl groups excluding tert-OH is 3. The SMILES string of the molecule is O=C([O-])[C@H]1O[C@@H](Oc2cc3oc(-c4ccc(O)cc4)cc(=O)c3c(O)c2O)[C@H](O)[C@@H](O)[C@@H]1O.[Na+]. The summed E-state index contributed by atoms with van der Waals surface area (Å²) in [6.07, 6.45) is -9.95. The van der Waals surface area contributed by atoms with Crippen molar-refractivity contribution in [2.75, 3.05) is 0 Å². The molecule has 1 saturated heterocycles. The van der Waals surface area contributed by atoms with E-state index in [4.69, 9.17) is 13.9 Å². The van der Waals surface area contributed by atoms with Crippen LogP contribution < -0.4 is 44.8 Å². The molecule has 1 fully saturated rings. The average Bonchev–Trinajstić information content (AvgIpc) is 2.77. The Balaban J connectivity index is 0.00000324. The number of carboxylic acid groups (broad SMARTS) is 1. The molecule has 0 saturated carbocycles. The Kier molecular flexibility index (Phi) is 7.43. The molecule has 13 heteroatoms. The van der Waals surface area contributed by atoms with E-state index in [9.17, 15) is 45.3 Å². The fourth-order valence-corrected chi connectivity index (χ4v) is 3.39. The molecule has 0 spiro atoms. The minimum atomic E-state index is -2.07. The molecular weight excluding hydrogens is 467 g/mol. The third-order valence-electron chi connectivity index (χ3n) is 5.13. The average molecular weight is 484 g/mol. The van der Waals surface area contributed by atoms with Crippen molar-refractivity contribution in [2.24, 2.45) is 0 Å². The Bertz CT molecular complexity index is 1270. The van der Waals surface area contributed by atoms with Crippen LogP contribution in [0.5, 0.6) is 23.0 Å². The zero-order valence-corrected chi connectivity index (χ0v) is 19.5. The van der Waals surface area contributed by atoms with Crippen molar-refractivity contribution in [3.05, 3.63) is 46.6 Å². The van der Waals surface area contributed by atoms with E-state index in [-0.39, 0.29) is 46.7 Å². The molecule has 2 aromatic carbocycles. The van der Waals surface area contributed by atoms with E-state index < -0.39 is 64.7 Å². The van der Waals surface area contributed by atoms with Gasteiger partial charge in [-0.05, 0) is 24.3 Å². The van der Waals surface area contributed by atoms with Gasteiger partial charge in [0.15, 0.2) is 16.9 Å². The number of phenols is 3. The number of rotatable bonds is 4. The third kappa shape index (κ3) is 4.57. The number of hydrogen-bond acceptors (Lipinski definition) is 12. The largest absolute Gasteiger partial charge is 1.00 e. The summed E-state index contributed by atoms with van der Waals surface area (Å²) < 4.78 is 15.8. The van der Waals surface area contributed by atoms with Crippen LogP contribution >= 0.6 is 0 Å². The van der Waals surface area contributed by atoms with Crippen LogP contribution in [0.2, 0.25) is 0 Å². The smallest absolute Gasteiger partial charge is 0.547 e. The van der Waals surface area contributed by atoms with Gasteiger partial charge in [-0.3, -0.25) is 4.79 Å². The van der Waals surface area contributed by atoms with Gasteiger partial charge in [0, 0.05) is 17.7 Å². The molecular formula is C21H17NaO12. The number of carbonyl (C=O) groups is 1. The van der Waals surface area contributed by atoms with Crippen molar-refractivity contribution in [2.45, 2.75) is 30.7 Å². The van der Waals surface area contributed by atoms with Gasteiger partial charge in [0.1, 0.15) is 46.9 Å². The maximum absolute atomic E-state index is 12.5. The Morgan fingerprint density at radius 3 is 2.21 bits per heavy atom. The molecule has 3 aromatic rings. The van der Waals surface area contributed by atoms with Crippen LogP contribution in [0, 0.1) is 0 Å². The van der Waals surface area contributed by atoms with E-state index in [1.165, 1.54) is 24.3 Å².